The van der Waals surface area contributed by atoms with Crippen LogP contribution in [0.5, 0.6) is 5.75 Å². The number of nitrogens with zero attached hydrogens (tertiary/aromatic N) is 2. The zero-order valence-corrected chi connectivity index (χ0v) is 12.2. The van der Waals surface area contributed by atoms with E-state index in [-0.39, 0.29) is 11.8 Å². The van der Waals surface area contributed by atoms with E-state index in [1.807, 2.05) is 44.2 Å². The van der Waals surface area contributed by atoms with E-state index in [4.69, 9.17) is 4.74 Å². The van der Waals surface area contributed by atoms with Gasteiger partial charge in [0.1, 0.15) is 12.4 Å². The Labute approximate surface area is 124 Å². The molecule has 2 aromatic rings. The first-order chi connectivity index (χ1) is 10.1. The molecule has 0 radical (unpaired) electrons. The second-order valence-corrected chi connectivity index (χ2v) is 5.28. The molecule has 0 aliphatic carbocycles. The Morgan fingerprint density at radius 1 is 1.19 bits per heavy atom. The van der Waals surface area contributed by atoms with Gasteiger partial charge in [-0.1, -0.05) is 30.3 Å². The summed E-state index contributed by atoms with van der Waals surface area (Å²) in [5.41, 5.74) is 0.866. The minimum atomic E-state index is -0.106. The van der Waals surface area contributed by atoms with Crippen LogP contribution in [0.15, 0.2) is 47.6 Å². The van der Waals surface area contributed by atoms with Crippen molar-refractivity contribution in [2.45, 2.75) is 13.8 Å². The smallest absolute Gasteiger partial charge is 0.251 e. The molecular formula is C17H18N2O2. The number of rotatable bonds is 4. The van der Waals surface area contributed by atoms with Crippen molar-refractivity contribution in [2.75, 3.05) is 13.2 Å². The van der Waals surface area contributed by atoms with Crippen LogP contribution in [0.4, 0.5) is 0 Å². The minimum Gasteiger partial charge on any atom is -0.492 e. The maximum absolute atomic E-state index is 11.9. The van der Waals surface area contributed by atoms with Gasteiger partial charge in [0, 0.05) is 5.71 Å². The topological polar surface area (TPSA) is 41.9 Å². The number of hydrogen-bond donors (Lipinski definition) is 0. The van der Waals surface area contributed by atoms with Gasteiger partial charge in [0.2, 0.25) is 0 Å². The minimum absolute atomic E-state index is 0.0506. The van der Waals surface area contributed by atoms with Gasteiger partial charge in [0.05, 0.1) is 12.5 Å². The fourth-order valence-electron chi connectivity index (χ4n) is 2.40. The van der Waals surface area contributed by atoms with Gasteiger partial charge in [0.15, 0.2) is 0 Å². The van der Waals surface area contributed by atoms with E-state index < -0.39 is 0 Å². The molecule has 3 rings (SSSR count). The van der Waals surface area contributed by atoms with E-state index >= 15 is 0 Å². The van der Waals surface area contributed by atoms with Crippen molar-refractivity contribution in [3.05, 3.63) is 42.5 Å². The molecule has 0 N–H and O–H groups in total. The Balaban J connectivity index is 1.61. The Hall–Kier alpha value is -2.36. The van der Waals surface area contributed by atoms with Crippen molar-refractivity contribution in [2.24, 2.45) is 11.0 Å². The molecule has 0 aromatic heterocycles. The lowest BCUT2D eigenvalue weighted by molar-refractivity contribution is -0.131. The highest BCUT2D eigenvalue weighted by atomic mass is 16.5. The van der Waals surface area contributed by atoms with Crippen molar-refractivity contribution in [3.8, 4) is 5.75 Å². The van der Waals surface area contributed by atoms with E-state index in [1.54, 1.807) is 0 Å². The van der Waals surface area contributed by atoms with Crippen LogP contribution in [0.2, 0.25) is 0 Å². The molecule has 1 unspecified atom stereocenters. The summed E-state index contributed by atoms with van der Waals surface area (Å²) in [5.74, 6) is 0.759. The number of carbonyl (C=O) groups excluding carboxylic acids is 1. The van der Waals surface area contributed by atoms with Crippen molar-refractivity contribution in [3.63, 3.8) is 0 Å². The maximum atomic E-state index is 11.9. The summed E-state index contributed by atoms with van der Waals surface area (Å²) >= 11 is 0. The molecule has 4 nitrogen and oxygen atoms in total. The first-order valence-electron chi connectivity index (χ1n) is 7.13. The number of carbonyl (C=O) groups is 1. The molecule has 0 fully saturated rings. The molecule has 4 heteroatoms. The number of ether oxygens (including phenoxy) is 1. The average molecular weight is 282 g/mol. The lowest BCUT2D eigenvalue weighted by Crippen LogP contribution is -2.29. The van der Waals surface area contributed by atoms with Gasteiger partial charge in [0.25, 0.3) is 5.91 Å². The van der Waals surface area contributed by atoms with Gasteiger partial charge in [-0.15, -0.1) is 0 Å². The maximum Gasteiger partial charge on any atom is 0.251 e. The van der Waals surface area contributed by atoms with Gasteiger partial charge < -0.3 is 4.74 Å². The van der Waals surface area contributed by atoms with Gasteiger partial charge in [-0.05, 0) is 36.8 Å². The van der Waals surface area contributed by atoms with E-state index in [0.29, 0.717) is 13.2 Å². The SMILES string of the molecule is CC1=NN(CCOc2ccc3ccccc3c2)C(=O)C1C. The van der Waals surface area contributed by atoms with E-state index in [9.17, 15) is 4.79 Å². The van der Waals surface area contributed by atoms with Crippen molar-refractivity contribution in [1.29, 1.82) is 0 Å². The van der Waals surface area contributed by atoms with Gasteiger partial charge in [-0.25, -0.2) is 5.01 Å². The largest absolute Gasteiger partial charge is 0.492 e. The highest BCUT2D eigenvalue weighted by Crippen LogP contribution is 2.21. The van der Waals surface area contributed by atoms with Crippen LogP contribution in [0.25, 0.3) is 10.8 Å². The molecule has 2 aromatic carbocycles. The predicted octanol–water partition coefficient (Wildman–Crippen LogP) is 3.07. The summed E-state index contributed by atoms with van der Waals surface area (Å²) in [6.07, 6.45) is 0. The summed E-state index contributed by atoms with van der Waals surface area (Å²) in [4.78, 5) is 11.9. The van der Waals surface area contributed by atoms with E-state index in [0.717, 1.165) is 16.8 Å². The van der Waals surface area contributed by atoms with Crippen molar-refractivity contribution in [1.82, 2.24) is 5.01 Å². The van der Waals surface area contributed by atoms with Gasteiger partial charge >= 0.3 is 0 Å². The first-order valence-corrected chi connectivity index (χ1v) is 7.13. The lowest BCUT2D eigenvalue weighted by atomic mass is 10.1. The second kappa shape index (κ2) is 5.56. The Morgan fingerprint density at radius 3 is 2.67 bits per heavy atom. The fourth-order valence-corrected chi connectivity index (χ4v) is 2.40. The monoisotopic (exact) mass is 282 g/mol. The molecule has 0 spiro atoms. The highest BCUT2D eigenvalue weighted by Gasteiger charge is 2.29. The molecule has 1 aliphatic rings. The van der Waals surface area contributed by atoms with E-state index in [2.05, 4.69) is 17.2 Å². The third kappa shape index (κ3) is 2.75. The molecule has 108 valence electrons. The molecule has 21 heavy (non-hydrogen) atoms. The molecule has 1 amide bonds. The second-order valence-electron chi connectivity index (χ2n) is 5.28. The standard InChI is InChI=1S/C17H18N2O2/c1-12-13(2)18-19(17(12)20)9-10-21-16-8-7-14-5-3-4-6-15(14)11-16/h3-8,11-12H,9-10H2,1-2H3. The van der Waals surface area contributed by atoms with Crippen LogP contribution < -0.4 is 4.74 Å². The first kappa shape index (κ1) is 13.6. The summed E-state index contributed by atoms with van der Waals surface area (Å²) in [5, 5.41) is 8.09. The molecule has 0 bridgehead atoms. The van der Waals surface area contributed by atoms with Crippen LogP contribution in [-0.4, -0.2) is 29.8 Å². The zero-order chi connectivity index (χ0) is 14.8. The third-order valence-corrected chi connectivity index (χ3v) is 3.82. The summed E-state index contributed by atoms with van der Waals surface area (Å²) in [7, 11) is 0. The number of amides is 1. The molecular weight excluding hydrogens is 264 g/mol. The predicted molar refractivity (Wildman–Crippen MR) is 83.4 cm³/mol. The molecule has 1 aliphatic heterocycles. The average Bonchev–Trinajstić information content (AvgIpc) is 2.74. The Kier molecular flexibility index (Phi) is 3.60. The molecule has 0 saturated heterocycles. The van der Waals surface area contributed by atoms with Crippen LogP contribution >= 0.6 is 0 Å². The Morgan fingerprint density at radius 2 is 1.95 bits per heavy atom. The summed E-state index contributed by atoms with van der Waals surface area (Å²) in [6, 6.07) is 14.2. The van der Waals surface area contributed by atoms with Crippen molar-refractivity contribution >= 4 is 22.4 Å². The number of benzene rings is 2. The molecule has 0 saturated carbocycles. The number of hydrogen-bond acceptors (Lipinski definition) is 3. The third-order valence-electron chi connectivity index (χ3n) is 3.82. The van der Waals surface area contributed by atoms with Crippen LogP contribution in [0.3, 0.4) is 0 Å². The van der Waals surface area contributed by atoms with Gasteiger partial charge in [-0.2, -0.15) is 5.10 Å². The number of fused-ring (bicyclic) bond motifs is 1. The number of hydrazone groups is 1. The van der Waals surface area contributed by atoms with Crippen molar-refractivity contribution < 1.29 is 9.53 Å². The quantitative estimate of drug-likeness (QED) is 0.864. The normalized spacial score (nSPS) is 18.2. The van der Waals surface area contributed by atoms with E-state index in [1.165, 1.54) is 10.4 Å². The van der Waals surface area contributed by atoms with Crippen LogP contribution in [0.1, 0.15) is 13.8 Å². The molecule has 1 heterocycles. The highest BCUT2D eigenvalue weighted by molar-refractivity contribution is 6.06. The van der Waals surface area contributed by atoms with Crippen LogP contribution in [-0.2, 0) is 4.79 Å². The Bertz CT molecular complexity index is 709. The molecule has 1 atom stereocenters. The summed E-state index contributed by atoms with van der Waals surface area (Å²) < 4.78 is 5.73. The van der Waals surface area contributed by atoms with Crippen LogP contribution in [0, 0.1) is 5.92 Å². The lowest BCUT2D eigenvalue weighted by Gasteiger charge is -2.13. The zero-order valence-electron chi connectivity index (χ0n) is 12.2. The fraction of sp³-hybridized carbons (Fsp3) is 0.294. The summed E-state index contributed by atoms with van der Waals surface area (Å²) in [6.45, 7) is 4.68. The van der Waals surface area contributed by atoms with Gasteiger partial charge in [-0.3, -0.25) is 4.79 Å².